The predicted octanol–water partition coefficient (Wildman–Crippen LogP) is 5.35. The van der Waals surface area contributed by atoms with Crippen molar-refractivity contribution in [2.75, 3.05) is 11.9 Å². The number of hydrogen-bond donors (Lipinski definition) is 1. The zero-order valence-electron chi connectivity index (χ0n) is 17.7. The van der Waals surface area contributed by atoms with Crippen LogP contribution in [0.2, 0.25) is 0 Å². The van der Waals surface area contributed by atoms with Gasteiger partial charge < -0.3 is 14.6 Å². The second-order valence-corrected chi connectivity index (χ2v) is 7.03. The Balaban J connectivity index is 1.91. The molecule has 0 aliphatic heterocycles. The van der Waals surface area contributed by atoms with Gasteiger partial charge in [0.05, 0.1) is 6.61 Å². The van der Waals surface area contributed by atoms with E-state index in [1.165, 1.54) is 0 Å². The zero-order valence-corrected chi connectivity index (χ0v) is 17.7. The van der Waals surface area contributed by atoms with Gasteiger partial charge in [0, 0.05) is 28.8 Å². The molecule has 0 saturated carbocycles. The van der Waals surface area contributed by atoms with Crippen molar-refractivity contribution in [3.05, 3.63) is 82.7 Å². The maximum atomic E-state index is 12.7. The quantitative estimate of drug-likeness (QED) is 0.449. The van der Waals surface area contributed by atoms with Crippen molar-refractivity contribution in [2.24, 2.45) is 0 Å². The summed E-state index contributed by atoms with van der Waals surface area (Å²) >= 11 is 0. The number of amides is 1. The Labute approximate surface area is 177 Å². The van der Waals surface area contributed by atoms with Crippen molar-refractivity contribution in [1.82, 2.24) is 4.57 Å². The Morgan fingerprint density at radius 2 is 1.90 bits per heavy atom. The van der Waals surface area contributed by atoms with Crippen LogP contribution < -0.4 is 10.1 Å². The minimum absolute atomic E-state index is 0.0434. The molecule has 0 unspecified atom stereocenters. The molecule has 0 aliphatic rings. The average Bonchev–Trinajstić information content (AvgIpc) is 3.00. The van der Waals surface area contributed by atoms with Crippen LogP contribution in [0, 0.1) is 32.1 Å². The molecule has 0 atom stereocenters. The number of rotatable bonds is 6. The van der Waals surface area contributed by atoms with E-state index in [2.05, 4.69) is 28.9 Å². The lowest BCUT2D eigenvalue weighted by molar-refractivity contribution is -0.112. The summed E-state index contributed by atoms with van der Waals surface area (Å²) in [6.07, 6.45) is 1.64. The van der Waals surface area contributed by atoms with Gasteiger partial charge in [-0.25, -0.2) is 0 Å². The van der Waals surface area contributed by atoms with E-state index in [0.29, 0.717) is 18.0 Å². The van der Waals surface area contributed by atoms with Gasteiger partial charge in [-0.2, -0.15) is 5.26 Å². The minimum Gasteiger partial charge on any atom is -0.494 e. The first-order valence-corrected chi connectivity index (χ1v) is 9.85. The molecule has 3 rings (SSSR count). The van der Waals surface area contributed by atoms with Crippen molar-refractivity contribution in [3.8, 4) is 17.5 Å². The average molecular weight is 399 g/mol. The van der Waals surface area contributed by atoms with Crippen LogP contribution >= 0.6 is 0 Å². The van der Waals surface area contributed by atoms with Crippen LogP contribution in [0.15, 0.2) is 60.2 Å². The first-order chi connectivity index (χ1) is 14.4. The molecular formula is C25H25N3O2. The Kier molecular flexibility index (Phi) is 6.38. The van der Waals surface area contributed by atoms with E-state index in [9.17, 15) is 10.1 Å². The molecule has 0 bridgehead atoms. The molecule has 0 fully saturated rings. The van der Waals surface area contributed by atoms with Gasteiger partial charge in [0.1, 0.15) is 17.4 Å². The monoisotopic (exact) mass is 399 g/mol. The molecular weight excluding hydrogens is 374 g/mol. The Bertz CT molecular complexity index is 1150. The number of nitriles is 1. The number of nitrogens with one attached hydrogen (secondary N) is 1. The highest BCUT2D eigenvalue weighted by Gasteiger charge is 2.15. The van der Waals surface area contributed by atoms with Gasteiger partial charge in [-0.1, -0.05) is 24.3 Å². The SMILES string of the molecule is CCOc1cccc(NC(=O)C(C#N)=Cc2cc(C)n(-c3ccccc3C)c2C)c1. The van der Waals surface area contributed by atoms with E-state index >= 15 is 0 Å². The van der Waals surface area contributed by atoms with Gasteiger partial charge in [-0.15, -0.1) is 0 Å². The van der Waals surface area contributed by atoms with Crippen LogP contribution in [-0.2, 0) is 4.79 Å². The normalized spacial score (nSPS) is 11.1. The molecule has 2 aromatic carbocycles. The molecule has 5 nitrogen and oxygen atoms in total. The number of hydrogen-bond acceptors (Lipinski definition) is 3. The minimum atomic E-state index is -0.452. The molecule has 0 radical (unpaired) electrons. The van der Waals surface area contributed by atoms with Gasteiger partial charge >= 0.3 is 0 Å². The van der Waals surface area contributed by atoms with Crippen LogP contribution in [0.3, 0.4) is 0 Å². The molecule has 0 spiro atoms. The van der Waals surface area contributed by atoms with E-state index in [-0.39, 0.29) is 5.57 Å². The number of carbonyl (C=O) groups is 1. The molecule has 3 aromatic rings. The fourth-order valence-corrected chi connectivity index (χ4v) is 3.45. The molecule has 0 aliphatic carbocycles. The largest absolute Gasteiger partial charge is 0.494 e. The van der Waals surface area contributed by atoms with Gasteiger partial charge in [0.15, 0.2) is 0 Å². The number of aromatic nitrogens is 1. The van der Waals surface area contributed by atoms with Gasteiger partial charge in [0.2, 0.25) is 0 Å². The topological polar surface area (TPSA) is 67.0 Å². The van der Waals surface area contributed by atoms with Crippen molar-refractivity contribution in [2.45, 2.75) is 27.7 Å². The standard InChI is InChI=1S/C25H25N3O2/c1-5-30-23-11-8-10-22(15-23)27-25(29)21(16-26)14-20-13-18(3)28(19(20)4)24-12-7-6-9-17(24)2/h6-15H,5H2,1-4H3,(H,27,29). The second kappa shape index (κ2) is 9.15. The summed E-state index contributed by atoms with van der Waals surface area (Å²) in [7, 11) is 0. The molecule has 1 aromatic heterocycles. The number of ether oxygens (including phenoxy) is 1. The lowest BCUT2D eigenvalue weighted by atomic mass is 10.1. The summed E-state index contributed by atoms with van der Waals surface area (Å²) in [4.78, 5) is 12.7. The molecule has 1 amide bonds. The third-order valence-electron chi connectivity index (χ3n) is 4.89. The number of benzene rings is 2. The summed E-state index contributed by atoms with van der Waals surface area (Å²) in [5, 5.41) is 12.4. The molecule has 0 saturated heterocycles. The Hall–Kier alpha value is -3.78. The van der Waals surface area contributed by atoms with E-state index < -0.39 is 5.91 Å². The third-order valence-corrected chi connectivity index (χ3v) is 4.89. The third kappa shape index (κ3) is 4.44. The van der Waals surface area contributed by atoms with Crippen LogP contribution in [0.5, 0.6) is 5.75 Å². The number of aryl methyl sites for hydroxylation is 2. The van der Waals surface area contributed by atoms with E-state index in [0.717, 1.165) is 28.2 Å². The smallest absolute Gasteiger partial charge is 0.266 e. The van der Waals surface area contributed by atoms with Crippen molar-refractivity contribution in [3.63, 3.8) is 0 Å². The Morgan fingerprint density at radius 1 is 1.13 bits per heavy atom. The summed E-state index contributed by atoms with van der Waals surface area (Å²) in [5.74, 6) is 0.214. The number of para-hydroxylation sites is 1. The fraction of sp³-hybridized carbons (Fsp3) is 0.200. The lowest BCUT2D eigenvalue weighted by Gasteiger charge is -2.12. The fourth-order valence-electron chi connectivity index (χ4n) is 3.45. The van der Waals surface area contributed by atoms with E-state index in [1.54, 1.807) is 24.3 Å². The van der Waals surface area contributed by atoms with E-state index in [1.807, 2.05) is 51.1 Å². The number of carbonyl (C=O) groups excluding carboxylic acids is 1. The molecule has 30 heavy (non-hydrogen) atoms. The number of nitrogens with zero attached hydrogens (tertiary/aromatic N) is 2. The van der Waals surface area contributed by atoms with Crippen LogP contribution in [0.1, 0.15) is 29.4 Å². The highest BCUT2D eigenvalue weighted by Crippen LogP contribution is 2.25. The molecule has 1 heterocycles. The predicted molar refractivity (Wildman–Crippen MR) is 120 cm³/mol. The molecule has 152 valence electrons. The molecule has 1 N–H and O–H groups in total. The maximum absolute atomic E-state index is 12.7. The maximum Gasteiger partial charge on any atom is 0.266 e. The van der Waals surface area contributed by atoms with Crippen LogP contribution in [0.25, 0.3) is 11.8 Å². The van der Waals surface area contributed by atoms with Crippen molar-refractivity contribution in [1.29, 1.82) is 5.26 Å². The highest BCUT2D eigenvalue weighted by atomic mass is 16.5. The summed E-state index contributed by atoms with van der Waals surface area (Å²) < 4.78 is 7.60. The van der Waals surface area contributed by atoms with Crippen molar-refractivity contribution < 1.29 is 9.53 Å². The Morgan fingerprint density at radius 3 is 2.60 bits per heavy atom. The van der Waals surface area contributed by atoms with Crippen LogP contribution in [-0.4, -0.2) is 17.1 Å². The summed E-state index contributed by atoms with van der Waals surface area (Å²) in [6, 6.07) is 19.3. The van der Waals surface area contributed by atoms with Gasteiger partial charge in [-0.05, 0) is 69.2 Å². The van der Waals surface area contributed by atoms with Crippen LogP contribution in [0.4, 0.5) is 5.69 Å². The number of anilines is 1. The summed E-state index contributed by atoms with van der Waals surface area (Å²) in [5.41, 5.74) is 5.71. The molecule has 5 heteroatoms. The van der Waals surface area contributed by atoms with Crippen molar-refractivity contribution >= 4 is 17.7 Å². The van der Waals surface area contributed by atoms with Gasteiger partial charge in [0.25, 0.3) is 5.91 Å². The van der Waals surface area contributed by atoms with E-state index in [4.69, 9.17) is 4.74 Å². The van der Waals surface area contributed by atoms with Gasteiger partial charge in [-0.3, -0.25) is 4.79 Å². The first kappa shape index (κ1) is 20.9. The first-order valence-electron chi connectivity index (χ1n) is 9.85. The zero-order chi connectivity index (χ0) is 21.7. The summed E-state index contributed by atoms with van der Waals surface area (Å²) in [6.45, 7) is 8.51. The highest BCUT2D eigenvalue weighted by molar-refractivity contribution is 6.09. The lowest BCUT2D eigenvalue weighted by Crippen LogP contribution is -2.13. The second-order valence-electron chi connectivity index (χ2n) is 7.03.